The van der Waals surface area contributed by atoms with Crippen molar-refractivity contribution in [2.75, 3.05) is 13.7 Å². The number of aliphatic hydroxyl groups excluding tert-OH is 1. The van der Waals surface area contributed by atoms with Crippen molar-refractivity contribution in [2.45, 2.75) is 85.0 Å². The molecule has 0 unspecified atom stereocenters. The second-order valence-corrected chi connectivity index (χ2v) is 16.0. The Morgan fingerprint density at radius 2 is 1.81 bits per heavy atom. The van der Waals surface area contributed by atoms with Crippen molar-refractivity contribution in [3.05, 3.63) is 39.9 Å². The average molecular weight is 514 g/mol. The van der Waals surface area contributed by atoms with Gasteiger partial charge < -0.3 is 14.3 Å². The molecule has 0 aromatic heterocycles. The molecule has 0 bridgehead atoms. The minimum atomic E-state index is -1.99. The van der Waals surface area contributed by atoms with Crippen LogP contribution in [0.1, 0.15) is 69.8 Å². The summed E-state index contributed by atoms with van der Waals surface area (Å²) in [4.78, 5) is 13.0. The minimum absolute atomic E-state index is 0.0231. The molecule has 0 amide bonds. The van der Waals surface area contributed by atoms with E-state index < -0.39 is 8.32 Å². The summed E-state index contributed by atoms with van der Waals surface area (Å²) >= 11 is 3.50. The molecule has 176 valence electrons. The Labute approximate surface area is 198 Å². The highest BCUT2D eigenvalue weighted by molar-refractivity contribution is 9.10. The lowest BCUT2D eigenvalue weighted by molar-refractivity contribution is 0.0791. The number of allylic oxidation sites excluding steroid dienone is 1. The molecule has 1 N–H and O–H groups in total. The molecule has 0 aliphatic rings. The standard InChI is InChI=1S/C25H41BrO4Si/c1-18-16-19(20(26)17-22(18)29-7)21(28)13-14-25(5,6)23(12-10-11-15-27)30-31(8,9)24(2,3)4/h13-14,16-17,23,27H,10-12,15H2,1-9H3/b14-13+/t23-/m1/s1. The first-order chi connectivity index (χ1) is 14.2. The number of carbonyl (C=O) groups excluding carboxylic acids is 1. The molecule has 0 radical (unpaired) electrons. The molecule has 0 aliphatic carbocycles. The Kier molecular flexibility index (Phi) is 10.2. The summed E-state index contributed by atoms with van der Waals surface area (Å²) in [5.74, 6) is 0.701. The van der Waals surface area contributed by atoms with Crippen LogP contribution in [0.2, 0.25) is 18.1 Å². The number of aliphatic hydroxyl groups is 1. The van der Waals surface area contributed by atoms with E-state index in [0.717, 1.165) is 35.0 Å². The zero-order valence-electron chi connectivity index (χ0n) is 20.8. The first kappa shape index (κ1) is 28.1. The number of methoxy groups -OCH3 is 1. The highest BCUT2D eigenvalue weighted by Gasteiger charge is 2.42. The molecule has 4 nitrogen and oxygen atoms in total. The number of unbranched alkanes of at least 4 members (excludes halogenated alkanes) is 1. The number of aryl methyl sites for hydroxylation is 1. The number of hydrogen-bond donors (Lipinski definition) is 1. The minimum Gasteiger partial charge on any atom is -0.496 e. The Balaban J connectivity index is 3.15. The molecule has 0 fully saturated rings. The number of ether oxygens (including phenoxy) is 1. The summed E-state index contributed by atoms with van der Waals surface area (Å²) in [7, 11) is -0.365. The molecule has 0 saturated heterocycles. The summed E-state index contributed by atoms with van der Waals surface area (Å²) in [6.07, 6.45) is 6.13. The van der Waals surface area contributed by atoms with E-state index in [1.165, 1.54) is 0 Å². The van der Waals surface area contributed by atoms with Gasteiger partial charge in [0.2, 0.25) is 0 Å². The fourth-order valence-electron chi connectivity index (χ4n) is 3.12. The predicted molar refractivity (Wildman–Crippen MR) is 136 cm³/mol. The topological polar surface area (TPSA) is 55.8 Å². The maximum absolute atomic E-state index is 13.0. The monoisotopic (exact) mass is 512 g/mol. The highest BCUT2D eigenvalue weighted by atomic mass is 79.9. The predicted octanol–water partition coefficient (Wildman–Crippen LogP) is 7.08. The van der Waals surface area contributed by atoms with Gasteiger partial charge in [-0.2, -0.15) is 0 Å². The zero-order valence-corrected chi connectivity index (χ0v) is 23.4. The molecule has 1 atom stereocenters. The largest absolute Gasteiger partial charge is 0.496 e. The van der Waals surface area contributed by atoms with Crippen LogP contribution in [0.4, 0.5) is 0 Å². The van der Waals surface area contributed by atoms with Crippen molar-refractivity contribution >= 4 is 30.0 Å². The Hall–Kier alpha value is -0.953. The molecule has 0 spiro atoms. The Bertz CT molecular complexity index is 778. The Morgan fingerprint density at radius 3 is 2.32 bits per heavy atom. The van der Waals surface area contributed by atoms with E-state index in [0.29, 0.717) is 5.56 Å². The fraction of sp³-hybridized carbons (Fsp3) is 0.640. The van der Waals surface area contributed by atoms with Crippen LogP contribution in [0, 0.1) is 12.3 Å². The molecule has 1 aromatic rings. The summed E-state index contributed by atoms with van der Waals surface area (Å²) in [6.45, 7) is 17.6. The van der Waals surface area contributed by atoms with Crippen molar-refractivity contribution in [2.24, 2.45) is 5.41 Å². The van der Waals surface area contributed by atoms with E-state index in [2.05, 4.69) is 63.6 Å². The first-order valence-corrected chi connectivity index (χ1v) is 14.7. The molecule has 0 aliphatic heterocycles. The van der Waals surface area contributed by atoms with E-state index in [1.807, 2.05) is 25.1 Å². The van der Waals surface area contributed by atoms with Crippen molar-refractivity contribution in [3.8, 4) is 5.75 Å². The van der Waals surface area contributed by atoms with Crippen LogP contribution in [-0.4, -0.2) is 39.0 Å². The number of ketones is 1. The number of hydrogen-bond acceptors (Lipinski definition) is 4. The van der Waals surface area contributed by atoms with Gasteiger partial charge in [-0.05, 0) is 84.0 Å². The van der Waals surface area contributed by atoms with E-state index in [1.54, 1.807) is 13.2 Å². The van der Waals surface area contributed by atoms with Crippen molar-refractivity contribution in [1.82, 2.24) is 0 Å². The smallest absolute Gasteiger partial charge is 0.192 e. The lowest BCUT2D eigenvalue weighted by atomic mass is 9.83. The molecule has 1 rings (SSSR count). The van der Waals surface area contributed by atoms with Gasteiger partial charge in [-0.1, -0.05) is 40.7 Å². The summed E-state index contributed by atoms with van der Waals surface area (Å²) in [5.41, 5.74) is 1.21. The second kappa shape index (κ2) is 11.3. The van der Waals surface area contributed by atoms with Gasteiger partial charge in [-0.25, -0.2) is 0 Å². The van der Waals surface area contributed by atoms with Gasteiger partial charge in [0.15, 0.2) is 14.1 Å². The van der Waals surface area contributed by atoms with Gasteiger partial charge in [-0.15, -0.1) is 0 Å². The van der Waals surface area contributed by atoms with Crippen molar-refractivity contribution in [3.63, 3.8) is 0 Å². The average Bonchev–Trinajstić information content (AvgIpc) is 2.66. The molecular formula is C25H41BrO4Si. The van der Waals surface area contributed by atoms with Crippen molar-refractivity contribution in [1.29, 1.82) is 0 Å². The van der Waals surface area contributed by atoms with Gasteiger partial charge >= 0.3 is 0 Å². The summed E-state index contributed by atoms with van der Waals surface area (Å²) in [6, 6.07) is 3.69. The highest BCUT2D eigenvalue weighted by Crippen LogP contribution is 2.41. The number of carbonyl (C=O) groups is 1. The quantitative estimate of drug-likeness (QED) is 0.149. The molecule has 31 heavy (non-hydrogen) atoms. The fourth-order valence-corrected chi connectivity index (χ4v) is 5.12. The van der Waals surface area contributed by atoms with E-state index in [-0.39, 0.29) is 28.9 Å². The zero-order chi connectivity index (χ0) is 24.0. The lowest BCUT2D eigenvalue weighted by Crippen LogP contribution is -2.47. The van der Waals surface area contributed by atoms with Gasteiger partial charge in [0.1, 0.15) is 5.75 Å². The van der Waals surface area contributed by atoms with Gasteiger partial charge in [-0.3, -0.25) is 4.79 Å². The van der Waals surface area contributed by atoms with Crippen LogP contribution in [0.5, 0.6) is 5.75 Å². The molecule has 0 saturated carbocycles. The summed E-state index contributed by atoms with van der Waals surface area (Å²) < 4.78 is 12.9. The van der Waals surface area contributed by atoms with Gasteiger partial charge in [0, 0.05) is 22.1 Å². The van der Waals surface area contributed by atoms with Crippen LogP contribution in [0.15, 0.2) is 28.8 Å². The number of benzene rings is 1. The molecular weight excluding hydrogens is 472 g/mol. The maximum atomic E-state index is 13.0. The van der Waals surface area contributed by atoms with Crippen LogP contribution in [0.25, 0.3) is 0 Å². The van der Waals surface area contributed by atoms with Crippen LogP contribution >= 0.6 is 15.9 Å². The van der Waals surface area contributed by atoms with Crippen molar-refractivity contribution < 1.29 is 19.1 Å². The van der Waals surface area contributed by atoms with E-state index in [9.17, 15) is 9.90 Å². The third-order valence-corrected chi connectivity index (χ3v) is 11.5. The molecule has 0 heterocycles. The summed E-state index contributed by atoms with van der Waals surface area (Å²) in [5, 5.41) is 9.33. The van der Waals surface area contributed by atoms with Crippen LogP contribution in [0.3, 0.4) is 0 Å². The van der Waals surface area contributed by atoms with Gasteiger partial charge in [0.05, 0.1) is 13.2 Å². The maximum Gasteiger partial charge on any atom is 0.192 e. The second-order valence-electron chi connectivity index (χ2n) is 10.4. The van der Waals surface area contributed by atoms with Gasteiger partial charge in [0.25, 0.3) is 0 Å². The van der Waals surface area contributed by atoms with E-state index in [4.69, 9.17) is 9.16 Å². The number of rotatable bonds is 11. The number of halogens is 1. The van der Waals surface area contributed by atoms with E-state index >= 15 is 0 Å². The third kappa shape index (κ3) is 7.84. The SMILES string of the molecule is COc1cc(Br)c(C(=O)/C=C/C(C)(C)[C@@H](CCCCO)O[Si](C)(C)C(C)(C)C)cc1C. The first-order valence-electron chi connectivity index (χ1n) is 11.0. The van der Waals surface area contributed by atoms with Crippen LogP contribution in [-0.2, 0) is 4.43 Å². The lowest BCUT2D eigenvalue weighted by Gasteiger charge is -2.43. The normalized spacial score (nSPS) is 14.2. The third-order valence-electron chi connectivity index (χ3n) is 6.36. The molecule has 1 aromatic carbocycles. The van der Waals surface area contributed by atoms with Crippen LogP contribution < -0.4 is 4.74 Å². The molecule has 6 heteroatoms. The Morgan fingerprint density at radius 1 is 1.19 bits per heavy atom.